The summed E-state index contributed by atoms with van der Waals surface area (Å²) in [6, 6.07) is 0. The average molecular weight is 268 g/mol. The summed E-state index contributed by atoms with van der Waals surface area (Å²) in [6.07, 6.45) is 0.952. The van der Waals surface area contributed by atoms with Crippen molar-refractivity contribution in [1.29, 1.82) is 0 Å². The van der Waals surface area contributed by atoms with E-state index in [4.69, 9.17) is 0 Å². The summed E-state index contributed by atoms with van der Waals surface area (Å²) >= 11 is 6.83. The van der Waals surface area contributed by atoms with Crippen LogP contribution < -0.4 is 0 Å². The molecule has 0 aromatic heterocycles. The maximum Gasteiger partial charge on any atom is 0.0242 e. The standard InChI is InChI=1S/C8H12Br2/c1-6(2)8(10)4-7(3)5-9/h3-5H2,1-2H3. The molecule has 0 amide bonds. The Kier molecular flexibility index (Phi) is 5.36. The van der Waals surface area contributed by atoms with E-state index in [-0.39, 0.29) is 0 Å². The SMILES string of the molecule is C=C(CBr)CC(Br)=C(C)C. The molecule has 0 atom stereocenters. The van der Waals surface area contributed by atoms with E-state index in [1.165, 1.54) is 15.6 Å². The normalized spacial score (nSPS) is 9.20. The van der Waals surface area contributed by atoms with Gasteiger partial charge in [-0.2, -0.15) is 0 Å². The van der Waals surface area contributed by atoms with Crippen LogP contribution in [0.1, 0.15) is 20.3 Å². The minimum atomic E-state index is 0.884. The van der Waals surface area contributed by atoms with Crippen LogP contribution in [0.5, 0.6) is 0 Å². The highest BCUT2D eigenvalue weighted by molar-refractivity contribution is 9.11. The zero-order valence-corrected chi connectivity index (χ0v) is 9.55. The molecule has 0 saturated carbocycles. The summed E-state index contributed by atoms with van der Waals surface area (Å²) in [5.41, 5.74) is 2.52. The second kappa shape index (κ2) is 5.14. The zero-order chi connectivity index (χ0) is 8.15. The summed E-state index contributed by atoms with van der Waals surface area (Å²) < 4.78 is 1.25. The molecule has 0 N–H and O–H groups in total. The van der Waals surface area contributed by atoms with Crippen molar-refractivity contribution in [1.82, 2.24) is 0 Å². The van der Waals surface area contributed by atoms with E-state index in [2.05, 4.69) is 52.3 Å². The summed E-state index contributed by atoms with van der Waals surface area (Å²) in [5.74, 6) is 0. The molecule has 0 aliphatic carbocycles. The van der Waals surface area contributed by atoms with Crippen LogP contribution in [-0.2, 0) is 0 Å². The number of halogens is 2. The Labute approximate surface area is 79.6 Å². The molecule has 10 heavy (non-hydrogen) atoms. The summed E-state index contributed by atoms with van der Waals surface area (Å²) in [5, 5.41) is 0.884. The number of alkyl halides is 1. The van der Waals surface area contributed by atoms with Crippen LogP contribution in [0.25, 0.3) is 0 Å². The van der Waals surface area contributed by atoms with Crippen LogP contribution in [-0.4, -0.2) is 5.33 Å². The maximum absolute atomic E-state index is 3.88. The van der Waals surface area contributed by atoms with Crippen LogP contribution in [0.4, 0.5) is 0 Å². The second-order valence-electron chi connectivity index (χ2n) is 2.47. The zero-order valence-electron chi connectivity index (χ0n) is 6.38. The highest BCUT2D eigenvalue weighted by Crippen LogP contribution is 2.20. The molecule has 58 valence electrons. The van der Waals surface area contributed by atoms with Crippen LogP contribution in [0.15, 0.2) is 22.2 Å². The molecular weight excluding hydrogens is 256 g/mol. The summed E-state index contributed by atoms with van der Waals surface area (Å²) in [4.78, 5) is 0. The average Bonchev–Trinajstić information content (AvgIpc) is 1.87. The van der Waals surface area contributed by atoms with Gasteiger partial charge in [-0.1, -0.05) is 49.6 Å². The molecule has 0 nitrogen and oxygen atoms in total. The molecule has 0 bridgehead atoms. The Hall–Kier alpha value is 0.440. The Morgan fingerprint density at radius 3 is 2.20 bits per heavy atom. The third-order valence-electron chi connectivity index (χ3n) is 1.14. The predicted octanol–water partition coefficient (Wildman–Crippen LogP) is 4.02. The lowest BCUT2D eigenvalue weighted by atomic mass is 10.2. The van der Waals surface area contributed by atoms with E-state index in [0.717, 1.165) is 11.8 Å². The van der Waals surface area contributed by atoms with Gasteiger partial charge < -0.3 is 0 Å². The smallest absolute Gasteiger partial charge is 0.0242 e. The molecule has 0 aromatic rings. The van der Waals surface area contributed by atoms with Gasteiger partial charge in [0, 0.05) is 11.8 Å². The topological polar surface area (TPSA) is 0 Å². The van der Waals surface area contributed by atoms with E-state index in [1.54, 1.807) is 0 Å². The predicted molar refractivity (Wildman–Crippen MR) is 54.9 cm³/mol. The fourth-order valence-electron chi connectivity index (χ4n) is 0.444. The van der Waals surface area contributed by atoms with Gasteiger partial charge in [-0.3, -0.25) is 0 Å². The van der Waals surface area contributed by atoms with Crippen molar-refractivity contribution in [2.75, 3.05) is 5.33 Å². The van der Waals surface area contributed by atoms with Gasteiger partial charge in [0.1, 0.15) is 0 Å². The fourth-order valence-corrected chi connectivity index (χ4v) is 1.04. The van der Waals surface area contributed by atoms with Gasteiger partial charge >= 0.3 is 0 Å². The molecule has 0 spiro atoms. The summed E-state index contributed by atoms with van der Waals surface area (Å²) in [7, 11) is 0. The van der Waals surface area contributed by atoms with Crippen LogP contribution in [0, 0.1) is 0 Å². The largest absolute Gasteiger partial charge is 0.0987 e. The molecule has 0 radical (unpaired) electrons. The molecule has 0 aromatic carbocycles. The first-order chi connectivity index (χ1) is 4.57. The van der Waals surface area contributed by atoms with Crippen molar-refractivity contribution in [3.05, 3.63) is 22.2 Å². The lowest BCUT2D eigenvalue weighted by Gasteiger charge is -2.01. The van der Waals surface area contributed by atoms with Crippen molar-refractivity contribution in [2.24, 2.45) is 0 Å². The second-order valence-corrected chi connectivity index (χ2v) is 3.98. The van der Waals surface area contributed by atoms with E-state index in [9.17, 15) is 0 Å². The molecule has 0 rings (SSSR count). The van der Waals surface area contributed by atoms with Gasteiger partial charge in [0.15, 0.2) is 0 Å². The molecule has 0 aliphatic rings. The van der Waals surface area contributed by atoms with E-state index in [1.807, 2.05) is 0 Å². The van der Waals surface area contributed by atoms with E-state index in [0.29, 0.717) is 0 Å². The molecule has 0 heterocycles. The van der Waals surface area contributed by atoms with Crippen molar-refractivity contribution >= 4 is 31.9 Å². The molecule has 0 aliphatic heterocycles. The number of hydrogen-bond donors (Lipinski definition) is 0. The van der Waals surface area contributed by atoms with Gasteiger partial charge in [0.05, 0.1) is 0 Å². The van der Waals surface area contributed by atoms with Crippen LogP contribution in [0.2, 0.25) is 0 Å². The molecule has 0 saturated heterocycles. The molecule has 2 heteroatoms. The van der Waals surface area contributed by atoms with E-state index >= 15 is 0 Å². The van der Waals surface area contributed by atoms with Gasteiger partial charge in [0.2, 0.25) is 0 Å². The number of hydrogen-bond acceptors (Lipinski definition) is 0. The minimum Gasteiger partial charge on any atom is -0.0987 e. The Balaban J connectivity index is 3.92. The van der Waals surface area contributed by atoms with Crippen molar-refractivity contribution in [3.8, 4) is 0 Å². The number of allylic oxidation sites excluding steroid dienone is 3. The van der Waals surface area contributed by atoms with Crippen LogP contribution >= 0.6 is 31.9 Å². The van der Waals surface area contributed by atoms with Gasteiger partial charge in [-0.05, 0) is 18.3 Å². The lowest BCUT2D eigenvalue weighted by molar-refractivity contribution is 1.18. The highest BCUT2D eigenvalue weighted by atomic mass is 79.9. The quantitative estimate of drug-likeness (QED) is 0.535. The van der Waals surface area contributed by atoms with Crippen molar-refractivity contribution < 1.29 is 0 Å². The van der Waals surface area contributed by atoms with Gasteiger partial charge in [-0.15, -0.1) is 0 Å². The lowest BCUT2D eigenvalue weighted by Crippen LogP contribution is -1.83. The summed E-state index contributed by atoms with van der Waals surface area (Å²) in [6.45, 7) is 8.06. The third-order valence-corrected chi connectivity index (χ3v) is 3.00. The monoisotopic (exact) mass is 266 g/mol. The first-order valence-corrected chi connectivity index (χ1v) is 5.03. The van der Waals surface area contributed by atoms with Gasteiger partial charge in [0.25, 0.3) is 0 Å². The molecule has 0 unspecified atom stereocenters. The minimum absolute atomic E-state index is 0.884. The number of rotatable bonds is 3. The molecule has 0 fully saturated rings. The molecular formula is C8H12Br2. The Bertz CT molecular complexity index is 153. The Morgan fingerprint density at radius 1 is 1.40 bits per heavy atom. The van der Waals surface area contributed by atoms with Gasteiger partial charge in [-0.25, -0.2) is 0 Å². The Morgan fingerprint density at radius 2 is 1.90 bits per heavy atom. The van der Waals surface area contributed by atoms with Crippen molar-refractivity contribution in [3.63, 3.8) is 0 Å². The highest BCUT2D eigenvalue weighted by Gasteiger charge is 1.96. The first-order valence-electron chi connectivity index (χ1n) is 3.12. The third kappa shape index (κ3) is 4.29. The van der Waals surface area contributed by atoms with E-state index < -0.39 is 0 Å². The van der Waals surface area contributed by atoms with Crippen LogP contribution in [0.3, 0.4) is 0 Å². The fraction of sp³-hybridized carbons (Fsp3) is 0.500. The van der Waals surface area contributed by atoms with Crippen molar-refractivity contribution in [2.45, 2.75) is 20.3 Å². The first kappa shape index (κ1) is 10.4. The maximum atomic E-state index is 3.88.